The molecule has 0 aliphatic heterocycles. The van der Waals surface area contributed by atoms with Crippen LogP contribution < -0.4 is 0 Å². The van der Waals surface area contributed by atoms with Crippen molar-refractivity contribution in [2.45, 2.75) is 18.6 Å². The van der Waals surface area contributed by atoms with Gasteiger partial charge >= 0.3 is 5.97 Å². The van der Waals surface area contributed by atoms with Gasteiger partial charge in [0.05, 0.1) is 11.7 Å². The van der Waals surface area contributed by atoms with Crippen LogP contribution in [-0.2, 0) is 6.42 Å². The van der Waals surface area contributed by atoms with Crippen LogP contribution in [-0.4, -0.2) is 58.0 Å². The minimum Gasteiger partial charge on any atom is -0.508 e. The molecule has 32 heavy (non-hydrogen) atoms. The fourth-order valence-electron chi connectivity index (χ4n) is 3.37. The molecule has 10 heteroatoms. The lowest BCUT2D eigenvalue weighted by atomic mass is 9.88. The van der Waals surface area contributed by atoms with E-state index in [9.17, 15) is 50.8 Å². The first-order valence-electron chi connectivity index (χ1n) is 9.23. The average Bonchev–Trinajstić information content (AvgIpc) is 2.75. The zero-order chi connectivity index (χ0) is 23.7. The van der Waals surface area contributed by atoms with Crippen molar-refractivity contribution in [3.8, 4) is 45.6 Å². The third-order valence-electron chi connectivity index (χ3n) is 5.01. The van der Waals surface area contributed by atoms with Gasteiger partial charge in [-0.25, -0.2) is 4.79 Å². The third-order valence-corrected chi connectivity index (χ3v) is 5.01. The molecule has 9 N–H and O–H groups in total. The van der Waals surface area contributed by atoms with E-state index < -0.39 is 70.0 Å². The van der Waals surface area contributed by atoms with E-state index in [4.69, 9.17) is 0 Å². The van der Waals surface area contributed by atoms with Crippen LogP contribution >= 0.6 is 0 Å². The largest absolute Gasteiger partial charge is 0.508 e. The molecule has 3 rings (SSSR count). The quantitative estimate of drug-likeness (QED) is 0.253. The molecular weight excluding hydrogens is 424 g/mol. The number of hydrogen-bond acceptors (Lipinski definition) is 9. The minimum absolute atomic E-state index is 0.0773. The highest BCUT2D eigenvalue weighted by Gasteiger charge is 2.31. The van der Waals surface area contributed by atoms with Crippen LogP contribution in [0.25, 0.3) is 11.1 Å². The first kappa shape index (κ1) is 22.5. The maximum absolute atomic E-state index is 12.1. The SMILES string of the molecule is O=C(O)c1c(C[C@H](O)[C@H](O)c2ccc(O)cc2)c(O)c(O)c(O)c1-c1ccc(O)c(O)c1. The minimum atomic E-state index is -1.66. The highest BCUT2D eigenvalue weighted by Crippen LogP contribution is 2.49. The van der Waals surface area contributed by atoms with Crippen molar-refractivity contribution in [2.75, 3.05) is 0 Å². The smallest absolute Gasteiger partial charge is 0.336 e. The van der Waals surface area contributed by atoms with Gasteiger partial charge in [0.1, 0.15) is 11.9 Å². The number of rotatable bonds is 6. The Morgan fingerprint density at radius 1 is 0.781 bits per heavy atom. The summed E-state index contributed by atoms with van der Waals surface area (Å²) in [6, 6.07) is 8.35. The van der Waals surface area contributed by atoms with Crippen molar-refractivity contribution in [2.24, 2.45) is 0 Å². The van der Waals surface area contributed by atoms with Gasteiger partial charge in [-0.3, -0.25) is 0 Å². The second kappa shape index (κ2) is 8.53. The monoisotopic (exact) mass is 444 g/mol. The average molecular weight is 444 g/mol. The van der Waals surface area contributed by atoms with Gasteiger partial charge in [0.25, 0.3) is 0 Å². The Morgan fingerprint density at radius 3 is 1.97 bits per heavy atom. The van der Waals surface area contributed by atoms with Crippen molar-refractivity contribution in [1.29, 1.82) is 0 Å². The number of carbonyl (C=O) groups is 1. The van der Waals surface area contributed by atoms with Crippen LogP contribution in [0.5, 0.6) is 34.5 Å². The number of aliphatic hydroxyl groups excluding tert-OH is 2. The van der Waals surface area contributed by atoms with Crippen molar-refractivity contribution < 1.29 is 50.8 Å². The molecule has 168 valence electrons. The molecule has 3 aromatic rings. The Hall–Kier alpha value is -4.15. The fourth-order valence-corrected chi connectivity index (χ4v) is 3.37. The van der Waals surface area contributed by atoms with E-state index in [-0.39, 0.29) is 16.9 Å². The highest BCUT2D eigenvalue weighted by molar-refractivity contribution is 6.02. The lowest BCUT2D eigenvalue weighted by Gasteiger charge is -2.22. The Balaban J connectivity index is 2.14. The van der Waals surface area contributed by atoms with Crippen molar-refractivity contribution in [3.63, 3.8) is 0 Å². The molecule has 0 radical (unpaired) electrons. The number of carboxylic acid groups (broad SMARTS) is 1. The molecule has 0 amide bonds. The number of hydrogen-bond donors (Lipinski definition) is 9. The number of benzene rings is 3. The maximum Gasteiger partial charge on any atom is 0.336 e. The van der Waals surface area contributed by atoms with Gasteiger partial charge in [-0.1, -0.05) is 18.2 Å². The predicted molar refractivity (Wildman–Crippen MR) is 110 cm³/mol. The van der Waals surface area contributed by atoms with Crippen LogP contribution in [0.3, 0.4) is 0 Å². The number of carboxylic acids is 1. The molecule has 0 aliphatic rings. The van der Waals surface area contributed by atoms with E-state index in [0.717, 1.165) is 12.1 Å². The number of aromatic carboxylic acids is 1. The molecule has 0 spiro atoms. The standard InChI is InChI=1S/C22H20O10/c23-11-4-1-9(2-5-11)18(27)15(26)8-12-17(22(31)32)16(20(29)21(30)19(12)28)10-3-6-13(24)14(25)7-10/h1-7,15,18,23-30H,8H2,(H,31,32)/t15-,18+/m0/s1. The molecule has 0 heterocycles. The molecule has 0 bridgehead atoms. The summed E-state index contributed by atoms with van der Waals surface area (Å²) in [5.41, 5.74) is -1.58. The molecule has 0 aliphatic carbocycles. The summed E-state index contributed by atoms with van der Waals surface area (Å²) in [5, 5.41) is 90.1. The van der Waals surface area contributed by atoms with Gasteiger partial charge in [-0.15, -0.1) is 0 Å². The van der Waals surface area contributed by atoms with Crippen LogP contribution in [0.1, 0.15) is 27.6 Å². The van der Waals surface area contributed by atoms with E-state index in [0.29, 0.717) is 0 Å². The summed E-state index contributed by atoms with van der Waals surface area (Å²) >= 11 is 0. The molecule has 0 unspecified atom stereocenters. The normalized spacial score (nSPS) is 12.9. The lowest BCUT2D eigenvalue weighted by molar-refractivity contribution is 0.0184. The Bertz CT molecular complexity index is 1170. The summed E-state index contributed by atoms with van der Waals surface area (Å²) in [6.07, 6.45) is -3.86. The fraction of sp³-hybridized carbons (Fsp3) is 0.136. The van der Waals surface area contributed by atoms with Crippen molar-refractivity contribution in [1.82, 2.24) is 0 Å². The summed E-state index contributed by atoms with van der Waals surface area (Å²) < 4.78 is 0. The molecule has 0 fully saturated rings. The van der Waals surface area contributed by atoms with E-state index >= 15 is 0 Å². The van der Waals surface area contributed by atoms with E-state index in [1.54, 1.807) is 0 Å². The summed E-state index contributed by atoms with van der Waals surface area (Å²) in [4.78, 5) is 12.1. The predicted octanol–water partition coefficient (Wildman–Crippen LogP) is 1.92. The molecule has 0 saturated heterocycles. The second-order valence-electron chi connectivity index (χ2n) is 7.09. The molecule has 2 atom stereocenters. The number of phenolic OH excluding ortho intramolecular Hbond substituents is 6. The summed E-state index contributed by atoms with van der Waals surface area (Å²) in [6.45, 7) is 0. The van der Waals surface area contributed by atoms with Gasteiger partial charge in [0, 0.05) is 17.5 Å². The van der Waals surface area contributed by atoms with E-state index in [2.05, 4.69) is 0 Å². The Labute approximate surface area is 180 Å². The van der Waals surface area contributed by atoms with Crippen molar-refractivity contribution in [3.05, 3.63) is 59.2 Å². The van der Waals surface area contributed by atoms with Gasteiger partial charge < -0.3 is 46.0 Å². The first-order chi connectivity index (χ1) is 15.0. The Morgan fingerprint density at radius 2 is 1.41 bits per heavy atom. The topological polar surface area (TPSA) is 199 Å². The molecule has 3 aromatic carbocycles. The molecule has 10 nitrogen and oxygen atoms in total. The maximum atomic E-state index is 12.1. The van der Waals surface area contributed by atoms with Crippen LogP contribution in [0.2, 0.25) is 0 Å². The lowest BCUT2D eigenvalue weighted by Crippen LogP contribution is -2.22. The van der Waals surface area contributed by atoms with Crippen LogP contribution in [0.4, 0.5) is 0 Å². The molecule has 0 saturated carbocycles. The van der Waals surface area contributed by atoms with Gasteiger partial charge in [-0.05, 0) is 35.4 Å². The van der Waals surface area contributed by atoms with Crippen LogP contribution in [0, 0.1) is 0 Å². The van der Waals surface area contributed by atoms with Gasteiger partial charge in [0.2, 0.25) is 5.75 Å². The van der Waals surface area contributed by atoms with Gasteiger partial charge in [0.15, 0.2) is 23.0 Å². The van der Waals surface area contributed by atoms with Gasteiger partial charge in [-0.2, -0.15) is 0 Å². The summed E-state index contributed by atoms with van der Waals surface area (Å²) in [7, 11) is 0. The molecule has 0 aromatic heterocycles. The zero-order valence-corrected chi connectivity index (χ0v) is 16.3. The first-order valence-corrected chi connectivity index (χ1v) is 9.23. The number of phenols is 6. The second-order valence-corrected chi connectivity index (χ2v) is 7.09. The summed E-state index contributed by atoms with van der Waals surface area (Å²) in [5.74, 6) is -5.94. The van der Waals surface area contributed by atoms with Crippen LogP contribution in [0.15, 0.2) is 42.5 Å². The third kappa shape index (κ3) is 4.04. The number of aliphatic hydroxyl groups is 2. The van der Waals surface area contributed by atoms with Crippen molar-refractivity contribution >= 4 is 5.97 Å². The zero-order valence-electron chi connectivity index (χ0n) is 16.3. The Kier molecular flexibility index (Phi) is 6.01. The highest BCUT2D eigenvalue weighted by atomic mass is 16.4. The van der Waals surface area contributed by atoms with E-state index in [1.165, 1.54) is 30.3 Å². The number of aromatic hydroxyl groups is 6. The molecular formula is C22H20O10. The van der Waals surface area contributed by atoms with E-state index in [1.807, 2.05) is 0 Å².